The molecule has 328 valence electrons. The number of nitrogens with one attached hydrogen (secondary N) is 3. The summed E-state index contributed by atoms with van der Waals surface area (Å²) in [6.45, 7) is 9.00. The number of carbonyl (C=O) groups excluding carboxylic acids is 1. The fourth-order valence-electron chi connectivity index (χ4n) is 6.21. The first-order valence-corrected chi connectivity index (χ1v) is 23.7. The zero-order valence-electron chi connectivity index (χ0n) is 34.6. The zero-order chi connectivity index (χ0) is 42.5. The lowest BCUT2D eigenvalue weighted by Crippen LogP contribution is -2.55. The molecule has 2 aromatic heterocycles. The molecule has 4 heterocycles. The van der Waals surface area contributed by atoms with Gasteiger partial charge in [-0.15, -0.1) is 0 Å². The van der Waals surface area contributed by atoms with Crippen molar-refractivity contribution in [1.82, 2.24) is 29.6 Å². The van der Waals surface area contributed by atoms with Crippen LogP contribution >= 0.6 is 0 Å². The molecule has 0 spiro atoms. The van der Waals surface area contributed by atoms with Crippen LogP contribution in [-0.2, 0) is 63.6 Å². The first kappa shape index (κ1) is 48.1. The predicted octanol–water partition coefficient (Wildman–Crippen LogP) is 5.60. The Labute approximate surface area is 357 Å². The molecule has 16 heteroatoms. The third-order valence-corrected chi connectivity index (χ3v) is 10.9. The highest BCUT2D eigenvalue weighted by molar-refractivity contribution is 7.88. The van der Waals surface area contributed by atoms with Crippen LogP contribution in [0.2, 0.25) is 0 Å². The van der Waals surface area contributed by atoms with Gasteiger partial charge in [-0.25, -0.2) is 31.1 Å². The smallest absolute Gasteiger partial charge is 0.410 e. The number of likely N-dealkylation sites (tertiary alicyclic amines) is 1. The third kappa shape index (κ3) is 17.5. The predicted molar refractivity (Wildman–Crippen MR) is 235 cm³/mol. The van der Waals surface area contributed by atoms with E-state index in [0.717, 1.165) is 84.9 Å². The van der Waals surface area contributed by atoms with Gasteiger partial charge in [0.05, 0.1) is 30.9 Å². The number of ether oxygens (including phenoxy) is 3. The molecule has 0 unspecified atom stereocenters. The fourth-order valence-corrected chi connectivity index (χ4v) is 7.07. The van der Waals surface area contributed by atoms with Crippen LogP contribution < -0.4 is 24.2 Å². The minimum Gasteiger partial charge on any atom is -0.490 e. The van der Waals surface area contributed by atoms with Crippen LogP contribution in [0.4, 0.5) is 4.79 Å². The first-order valence-electron chi connectivity index (χ1n) is 19.9. The first-order chi connectivity index (χ1) is 28.0. The summed E-state index contributed by atoms with van der Waals surface area (Å²) in [5.41, 5.74) is 5.83. The van der Waals surface area contributed by atoms with Crippen LogP contribution in [0.1, 0.15) is 74.4 Å². The Morgan fingerprint density at radius 1 is 0.717 bits per heavy atom. The second kappa shape index (κ2) is 22.3. The van der Waals surface area contributed by atoms with Crippen molar-refractivity contribution < 1.29 is 35.8 Å². The summed E-state index contributed by atoms with van der Waals surface area (Å²) < 4.78 is 67.2. The maximum Gasteiger partial charge on any atom is 0.410 e. The van der Waals surface area contributed by atoms with E-state index in [9.17, 15) is 21.6 Å². The summed E-state index contributed by atoms with van der Waals surface area (Å²) in [6.07, 6.45) is 14.5. The average Bonchev–Trinajstić information content (AvgIpc) is 3.13. The Kier molecular flexibility index (Phi) is 17.9. The van der Waals surface area contributed by atoms with E-state index in [-0.39, 0.29) is 26.1 Å². The van der Waals surface area contributed by atoms with Crippen LogP contribution in [0.3, 0.4) is 0 Å². The van der Waals surface area contributed by atoms with Crippen LogP contribution in [0.25, 0.3) is 0 Å². The van der Waals surface area contributed by atoms with Crippen LogP contribution in [0, 0.1) is 0 Å². The Hall–Kier alpha value is -4.61. The number of sulfonamides is 2. The fraction of sp³-hybridized carbons (Fsp3) is 0.477. The highest BCUT2D eigenvalue weighted by atomic mass is 32.2. The van der Waals surface area contributed by atoms with Gasteiger partial charge in [-0.3, -0.25) is 9.97 Å². The monoisotopic (exact) mass is 866 g/mol. The molecular weight excluding hydrogens is 805 g/mol. The molecule has 2 saturated heterocycles. The molecule has 2 fully saturated rings. The standard InChI is InChI=1S/C24H33N3O5S.C19H25N3O3S.CH4/c1-24(2,3)32-23(28)27-11-10-21(27)17-31-22-13-20(14-25-16-22)9-8-18-6-5-7-19(12-18)15-26-33(4,29)30;1-26(23,24)22-12-16-4-2-3-15(9-16)5-6-17-10-19(13-20-11-17)25-14-18-7-8-21-18;/h5-7,12-14,16,21,26H,8-11,15,17H2,1-4H3;2-4,9-11,13,18,21-22H,5-8,12,14H2,1H3;1H4/t21-;18-;/m00./s1. The van der Waals surface area contributed by atoms with Crippen molar-refractivity contribution in [3.8, 4) is 11.5 Å². The molecular formula is C44H62N6O8S2. The van der Waals surface area contributed by atoms with Gasteiger partial charge >= 0.3 is 6.09 Å². The molecule has 14 nitrogen and oxygen atoms in total. The lowest BCUT2D eigenvalue weighted by molar-refractivity contribution is -0.0141. The molecule has 0 saturated carbocycles. The summed E-state index contributed by atoms with van der Waals surface area (Å²) in [6, 6.07) is 20.3. The number of hydrogen-bond acceptors (Lipinski definition) is 11. The van der Waals surface area contributed by atoms with Gasteiger partial charge < -0.3 is 24.4 Å². The van der Waals surface area contributed by atoms with Gasteiger partial charge in [0.2, 0.25) is 20.0 Å². The van der Waals surface area contributed by atoms with E-state index in [1.54, 1.807) is 17.3 Å². The van der Waals surface area contributed by atoms with Crippen molar-refractivity contribution in [2.24, 2.45) is 0 Å². The van der Waals surface area contributed by atoms with E-state index in [4.69, 9.17) is 14.2 Å². The normalized spacial score (nSPS) is 16.2. The van der Waals surface area contributed by atoms with E-state index in [1.165, 1.54) is 11.8 Å². The molecule has 2 atom stereocenters. The maximum atomic E-state index is 12.3. The lowest BCUT2D eigenvalue weighted by Gasteiger charge is -2.40. The molecule has 2 aliphatic heterocycles. The lowest BCUT2D eigenvalue weighted by atomic mass is 10.0. The number of carbonyl (C=O) groups is 1. The summed E-state index contributed by atoms with van der Waals surface area (Å²) in [5.74, 6) is 1.48. The number of aryl methyl sites for hydroxylation is 4. The number of nitrogens with zero attached hydrogens (tertiary/aromatic N) is 3. The van der Waals surface area contributed by atoms with E-state index in [2.05, 4.69) is 30.8 Å². The van der Waals surface area contributed by atoms with E-state index in [1.807, 2.05) is 87.8 Å². The quantitative estimate of drug-likeness (QED) is 0.114. The molecule has 4 aromatic rings. The topological polar surface area (TPSA) is 178 Å². The van der Waals surface area contributed by atoms with Gasteiger partial charge in [-0.05, 0) is 111 Å². The van der Waals surface area contributed by atoms with Crippen LogP contribution in [-0.4, -0.2) is 94.3 Å². The largest absolute Gasteiger partial charge is 0.490 e. The summed E-state index contributed by atoms with van der Waals surface area (Å²) in [7, 11) is -6.40. The van der Waals surface area contributed by atoms with Gasteiger partial charge in [-0.1, -0.05) is 56.0 Å². The molecule has 2 aromatic carbocycles. The van der Waals surface area contributed by atoms with Gasteiger partial charge in [0.15, 0.2) is 0 Å². The molecule has 0 aliphatic carbocycles. The highest BCUT2D eigenvalue weighted by Crippen LogP contribution is 2.23. The Bertz CT molecular complexity index is 2210. The van der Waals surface area contributed by atoms with Gasteiger partial charge in [-0.2, -0.15) is 0 Å². The Morgan fingerprint density at radius 2 is 1.18 bits per heavy atom. The third-order valence-electron chi connectivity index (χ3n) is 9.60. The van der Waals surface area contributed by atoms with Gasteiger partial charge in [0, 0.05) is 38.1 Å². The summed E-state index contributed by atoms with van der Waals surface area (Å²) in [5, 5.41) is 3.31. The van der Waals surface area contributed by atoms with Crippen molar-refractivity contribution in [1.29, 1.82) is 0 Å². The summed E-state index contributed by atoms with van der Waals surface area (Å²) in [4.78, 5) is 22.5. The maximum absolute atomic E-state index is 12.3. The molecule has 1 amide bonds. The molecule has 2 aliphatic rings. The zero-order valence-corrected chi connectivity index (χ0v) is 36.3. The van der Waals surface area contributed by atoms with Crippen molar-refractivity contribution >= 4 is 26.1 Å². The molecule has 0 radical (unpaired) electrons. The molecule has 60 heavy (non-hydrogen) atoms. The number of aromatic nitrogens is 2. The number of rotatable bonds is 18. The van der Waals surface area contributed by atoms with E-state index >= 15 is 0 Å². The minimum absolute atomic E-state index is 0. The minimum atomic E-state index is -3.22. The van der Waals surface area contributed by atoms with E-state index in [0.29, 0.717) is 38.1 Å². The van der Waals surface area contributed by atoms with Crippen LogP contribution in [0.5, 0.6) is 11.5 Å². The van der Waals surface area contributed by atoms with Gasteiger partial charge in [0.25, 0.3) is 0 Å². The van der Waals surface area contributed by atoms with Crippen molar-refractivity contribution in [2.45, 2.75) is 97.5 Å². The van der Waals surface area contributed by atoms with Crippen molar-refractivity contribution in [3.05, 3.63) is 119 Å². The SMILES string of the molecule is C.CC(C)(C)OC(=O)N1CC[C@H]1COc1cncc(CCc2cccc(CNS(C)(=O)=O)c2)c1.CS(=O)(=O)NCc1cccc(CCc2cncc(OC[C@@H]3CCN3)c2)c1. The molecule has 0 bridgehead atoms. The van der Waals surface area contributed by atoms with Crippen molar-refractivity contribution in [3.63, 3.8) is 0 Å². The number of pyridine rings is 2. The second-order valence-electron chi connectivity index (χ2n) is 16.1. The summed E-state index contributed by atoms with van der Waals surface area (Å²) >= 11 is 0. The Morgan fingerprint density at radius 3 is 1.60 bits per heavy atom. The second-order valence-corrected chi connectivity index (χ2v) is 19.7. The van der Waals surface area contributed by atoms with Crippen LogP contribution in [0.15, 0.2) is 85.5 Å². The number of benzene rings is 2. The highest BCUT2D eigenvalue weighted by Gasteiger charge is 2.35. The average molecular weight is 867 g/mol. The molecule has 6 rings (SSSR count). The van der Waals surface area contributed by atoms with Gasteiger partial charge in [0.1, 0.15) is 30.3 Å². The van der Waals surface area contributed by atoms with E-state index < -0.39 is 25.6 Å². The molecule has 3 N–H and O–H groups in total. The number of amides is 1. The van der Waals surface area contributed by atoms with Crippen molar-refractivity contribution in [2.75, 3.05) is 38.8 Å². The Balaban J connectivity index is 0.000000267. The number of hydrogen-bond donors (Lipinski definition) is 3.